The number of hydrogen-bond donors (Lipinski definition) is 1. The molecule has 25 heavy (non-hydrogen) atoms. The summed E-state index contributed by atoms with van der Waals surface area (Å²) in [7, 11) is 0. The van der Waals surface area contributed by atoms with E-state index in [9.17, 15) is 4.79 Å². The summed E-state index contributed by atoms with van der Waals surface area (Å²) in [5.74, 6) is 0. The Bertz CT molecular complexity index is 1080. The average molecular weight is 352 g/mol. The highest BCUT2D eigenvalue weighted by molar-refractivity contribution is 7.08. The van der Waals surface area contributed by atoms with Gasteiger partial charge in [0.05, 0.1) is 12.1 Å². The first kappa shape index (κ1) is 16.1. The van der Waals surface area contributed by atoms with Gasteiger partial charge in [0, 0.05) is 12.6 Å². The lowest BCUT2D eigenvalue weighted by molar-refractivity contribution is 0.507. The van der Waals surface area contributed by atoms with Gasteiger partial charge in [0.1, 0.15) is 0 Å². The summed E-state index contributed by atoms with van der Waals surface area (Å²) < 4.78 is 3.25. The molecule has 0 aliphatic rings. The van der Waals surface area contributed by atoms with Gasteiger partial charge in [-0.15, -0.1) is 5.10 Å². The zero-order valence-electron chi connectivity index (χ0n) is 14.3. The molecule has 3 heterocycles. The first-order chi connectivity index (χ1) is 12.1. The Morgan fingerprint density at radius 2 is 2.00 bits per heavy atom. The molecule has 3 aromatic heterocycles. The molecule has 0 fully saturated rings. The lowest BCUT2D eigenvalue weighted by atomic mass is 10.1. The van der Waals surface area contributed by atoms with E-state index in [1.165, 1.54) is 5.56 Å². The Labute approximate surface area is 149 Å². The van der Waals surface area contributed by atoms with E-state index < -0.39 is 0 Å². The summed E-state index contributed by atoms with van der Waals surface area (Å²) in [5, 5.41) is 13.0. The molecule has 1 N–H and O–H groups in total. The Morgan fingerprint density at radius 1 is 1.16 bits per heavy atom. The van der Waals surface area contributed by atoms with Crippen LogP contribution in [0.3, 0.4) is 0 Å². The Hall–Kier alpha value is -2.44. The minimum Gasteiger partial charge on any atom is -0.313 e. The monoisotopic (exact) mass is 352 g/mol. The maximum absolute atomic E-state index is 12.9. The highest BCUT2D eigenvalue weighted by atomic mass is 32.1. The van der Waals surface area contributed by atoms with Crippen LogP contribution >= 0.6 is 11.3 Å². The smallest absolute Gasteiger partial charge is 0.313 e. The van der Waals surface area contributed by atoms with Crippen LogP contribution in [0, 0.1) is 0 Å². The van der Waals surface area contributed by atoms with Crippen molar-refractivity contribution in [2.24, 2.45) is 0 Å². The molecule has 0 saturated heterocycles. The molecule has 0 amide bonds. The van der Waals surface area contributed by atoms with Gasteiger partial charge in [0.15, 0.2) is 5.65 Å². The summed E-state index contributed by atoms with van der Waals surface area (Å²) in [6.45, 7) is 5.46. The van der Waals surface area contributed by atoms with Crippen molar-refractivity contribution in [1.29, 1.82) is 0 Å². The fourth-order valence-corrected chi connectivity index (χ4v) is 3.68. The predicted octanol–water partition coefficient (Wildman–Crippen LogP) is 3.38. The largest absolute Gasteiger partial charge is 0.350 e. The third-order valence-corrected chi connectivity index (χ3v) is 4.96. The number of hydrogen-bond acceptors (Lipinski definition) is 4. The van der Waals surface area contributed by atoms with Crippen LogP contribution in [0.15, 0.2) is 52.0 Å². The minimum absolute atomic E-state index is 0.0892. The van der Waals surface area contributed by atoms with E-state index >= 15 is 0 Å². The van der Waals surface area contributed by atoms with E-state index in [0.29, 0.717) is 18.2 Å². The zero-order valence-corrected chi connectivity index (χ0v) is 15.1. The molecule has 0 radical (unpaired) electrons. The maximum Gasteiger partial charge on any atom is 0.350 e. The van der Waals surface area contributed by atoms with Crippen molar-refractivity contribution >= 4 is 27.9 Å². The fraction of sp³-hybridized carbons (Fsp3) is 0.263. The van der Waals surface area contributed by atoms with Crippen molar-refractivity contribution in [3.05, 3.63) is 57.6 Å². The van der Waals surface area contributed by atoms with Crippen LogP contribution in [0.1, 0.15) is 13.8 Å². The standard InChI is InChI=1S/C19H20N4OS/c1-13(2)20-8-9-22-19(24)23-17-11-15(16-7-10-25-12-16)4-3-14(17)5-6-18(23)21-22/h3-7,10-13,20H,8-9H2,1-2H3. The van der Waals surface area contributed by atoms with Gasteiger partial charge in [0.2, 0.25) is 0 Å². The number of fused-ring (bicyclic) bond motifs is 3. The van der Waals surface area contributed by atoms with Crippen molar-refractivity contribution < 1.29 is 0 Å². The molecule has 0 spiro atoms. The van der Waals surface area contributed by atoms with E-state index in [1.807, 2.05) is 12.1 Å². The molecule has 0 aliphatic heterocycles. The Kier molecular flexibility index (Phi) is 4.15. The molecule has 5 nitrogen and oxygen atoms in total. The molecule has 6 heteroatoms. The number of thiophene rings is 1. The molecule has 0 atom stereocenters. The van der Waals surface area contributed by atoms with Crippen LogP contribution < -0.4 is 11.0 Å². The van der Waals surface area contributed by atoms with Crippen molar-refractivity contribution in [3.63, 3.8) is 0 Å². The highest BCUT2D eigenvalue weighted by Gasteiger charge is 2.11. The summed E-state index contributed by atoms with van der Waals surface area (Å²) in [6, 6.07) is 12.6. The molecule has 0 aliphatic carbocycles. The van der Waals surface area contributed by atoms with Crippen molar-refractivity contribution in [2.75, 3.05) is 6.54 Å². The second-order valence-corrected chi connectivity index (χ2v) is 7.21. The summed E-state index contributed by atoms with van der Waals surface area (Å²) in [4.78, 5) is 12.9. The van der Waals surface area contributed by atoms with Gasteiger partial charge in [-0.25, -0.2) is 13.9 Å². The van der Waals surface area contributed by atoms with E-state index in [2.05, 4.69) is 59.3 Å². The fourth-order valence-electron chi connectivity index (χ4n) is 3.01. The van der Waals surface area contributed by atoms with Crippen LogP contribution in [-0.2, 0) is 6.54 Å². The molecular weight excluding hydrogens is 332 g/mol. The average Bonchev–Trinajstić information content (AvgIpc) is 3.23. The van der Waals surface area contributed by atoms with E-state index in [1.54, 1.807) is 20.4 Å². The Morgan fingerprint density at radius 3 is 2.76 bits per heavy atom. The number of nitrogens with zero attached hydrogens (tertiary/aromatic N) is 3. The summed E-state index contributed by atoms with van der Waals surface area (Å²) in [6.07, 6.45) is 0. The molecular formula is C19H20N4OS. The zero-order chi connectivity index (χ0) is 17.4. The Balaban J connectivity index is 1.83. The number of aromatic nitrogens is 3. The third-order valence-electron chi connectivity index (χ3n) is 4.28. The van der Waals surface area contributed by atoms with Gasteiger partial charge >= 0.3 is 5.69 Å². The van der Waals surface area contributed by atoms with Crippen LogP contribution in [0.4, 0.5) is 0 Å². The van der Waals surface area contributed by atoms with Gasteiger partial charge in [0.25, 0.3) is 0 Å². The predicted molar refractivity (Wildman–Crippen MR) is 103 cm³/mol. The summed E-state index contributed by atoms with van der Waals surface area (Å²) >= 11 is 1.67. The first-order valence-corrected chi connectivity index (χ1v) is 9.36. The molecule has 0 saturated carbocycles. The number of benzene rings is 1. The van der Waals surface area contributed by atoms with Crippen LogP contribution in [-0.4, -0.2) is 26.8 Å². The quantitative estimate of drug-likeness (QED) is 0.599. The topological polar surface area (TPSA) is 51.3 Å². The van der Waals surface area contributed by atoms with Crippen molar-refractivity contribution in [2.45, 2.75) is 26.4 Å². The minimum atomic E-state index is -0.0892. The number of nitrogens with one attached hydrogen (secondary N) is 1. The number of rotatable bonds is 5. The lowest BCUT2D eigenvalue weighted by Gasteiger charge is -2.06. The van der Waals surface area contributed by atoms with Crippen LogP contribution in [0.25, 0.3) is 27.7 Å². The second-order valence-electron chi connectivity index (χ2n) is 6.43. The molecule has 4 rings (SSSR count). The van der Waals surface area contributed by atoms with Gasteiger partial charge < -0.3 is 5.32 Å². The first-order valence-electron chi connectivity index (χ1n) is 8.42. The van der Waals surface area contributed by atoms with Gasteiger partial charge in [-0.05, 0) is 51.5 Å². The molecule has 1 aromatic carbocycles. The van der Waals surface area contributed by atoms with Crippen molar-refractivity contribution in [3.8, 4) is 11.1 Å². The van der Waals surface area contributed by atoms with Crippen LogP contribution in [0.2, 0.25) is 0 Å². The molecule has 4 aromatic rings. The van der Waals surface area contributed by atoms with Gasteiger partial charge in [-0.2, -0.15) is 11.3 Å². The van der Waals surface area contributed by atoms with E-state index in [-0.39, 0.29) is 5.69 Å². The van der Waals surface area contributed by atoms with Gasteiger partial charge in [-0.3, -0.25) is 0 Å². The van der Waals surface area contributed by atoms with Crippen LogP contribution in [0.5, 0.6) is 0 Å². The van der Waals surface area contributed by atoms with E-state index in [0.717, 1.165) is 23.0 Å². The SMILES string of the molecule is CC(C)NCCn1nc2ccc3ccc(-c4ccsc4)cc3n2c1=O. The third kappa shape index (κ3) is 2.99. The highest BCUT2D eigenvalue weighted by Crippen LogP contribution is 2.26. The van der Waals surface area contributed by atoms with E-state index in [4.69, 9.17) is 0 Å². The second kappa shape index (κ2) is 6.46. The molecule has 0 bridgehead atoms. The van der Waals surface area contributed by atoms with Crippen molar-refractivity contribution in [1.82, 2.24) is 19.5 Å². The number of pyridine rings is 1. The molecule has 128 valence electrons. The lowest BCUT2D eigenvalue weighted by Crippen LogP contribution is -2.31. The maximum atomic E-state index is 12.9. The van der Waals surface area contributed by atoms with Gasteiger partial charge in [-0.1, -0.05) is 26.0 Å². The normalized spacial score (nSPS) is 11.8. The summed E-state index contributed by atoms with van der Waals surface area (Å²) in [5.41, 5.74) is 3.78. The molecule has 0 unspecified atom stereocenters.